The molecule has 2 heterocycles. The van der Waals surface area contributed by atoms with Crippen molar-refractivity contribution in [2.45, 2.75) is 0 Å². The molecule has 1 fully saturated rings. The number of hydrogen-bond donors (Lipinski definition) is 2. The minimum absolute atomic E-state index is 0.0509. The number of pyridine rings is 1. The summed E-state index contributed by atoms with van der Waals surface area (Å²) in [6.07, 6.45) is 3.49. The molecule has 0 spiro atoms. The Labute approximate surface area is 141 Å². The number of para-hydroxylation sites is 1. The van der Waals surface area contributed by atoms with Crippen molar-refractivity contribution in [1.82, 2.24) is 10.3 Å². The summed E-state index contributed by atoms with van der Waals surface area (Å²) in [6, 6.07) is 11.5. The largest absolute Gasteiger partial charge is 0.382 e. The summed E-state index contributed by atoms with van der Waals surface area (Å²) in [6.45, 7) is 4.22. The van der Waals surface area contributed by atoms with Crippen LogP contribution in [0.3, 0.4) is 0 Å². The highest BCUT2D eigenvalue weighted by atomic mass is 16.5. The van der Waals surface area contributed by atoms with Crippen LogP contribution in [0.15, 0.2) is 48.8 Å². The van der Waals surface area contributed by atoms with Gasteiger partial charge in [0.15, 0.2) is 0 Å². The quantitative estimate of drug-likeness (QED) is 0.792. The van der Waals surface area contributed by atoms with Crippen molar-refractivity contribution < 1.29 is 9.53 Å². The van der Waals surface area contributed by atoms with Crippen LogP contribution in [-0.4, -0.2) is 50.3 Å². The van der Waals surface area contributed by atoms with Crippen LogP contribution in [0.4, 0.5) is 11.4 Å². The number of morpholine rings is 1. The minimum Gasteiger partial charge on any atom is -0.382 e. The summed E-state index contributed by atoms with van der Waals surface area (Å²) >= 11 is 0. The molecule has 0 bridgehead atoms. The van der Waals surface area contributed by atoms with Gasteiger partial charge in [-0.05, 0) is 24.3 Å². The van der Waals surface area contributed by atoms with Crippen LogP contribution >= 0.6 is 0 Å². The molecule has 0 aliphatic carbocycles. The van der Waals surface area contributed by atoms with Crippen molar-refractivity contribution >= 4 is 17.3 Å². The first kappa shape index (κ1) is 16.3. The third-order valence-electron chi connectivity index (χ3n) is 3.90. The van der Waals surface area contributed by atoms with Crippen LogP contribution in [0.25, 0.3) is 0 Å². The summed E-state index contributed by atoms with van der Waals surface area (Å²) in [7, 11) is 0. The molecule has 6 heteroatoms. The Bertz CT molecular complexity index is 657. The number of anilines is 2. The van der Waals surface area contributed by atoms with E-state index in [-0.39, 0.29) is 5.91 Å². The van der Waals surface area contributed by atoms with Gasteiger partial charge in [-0.15, -0.1) is 0 Å². The monoisotopic (exact) mass is 326 g/mol. The van der Waals surface area contributed by atoms with Crippen LogP contribution in [0.1, 0.15) is 10.4 Å². The molecular formula is C18H22N4O2. The lowest BCUT2D eigenvalue weighted by molar-refractivity contribution is 0.0953. The zero-order chi connectivity index (χ0) is 16.6. The molecule has 1 aliphatic rings. The topological polar surface area (TPSA) is 66.5 Å². The molecule has 2 aromatic rings. The number of hydrogen-bond acceptors (Lipinski definition) is 5. The van der Waals surface area contributed by atoms with Crippen molar-refractivity contribution in [3.05, 3.63) is 54.4 Å². The van der Waals surface area contributed by atoms with Gasteiger partial charge in [0.2, 0.25) is 0 Å². The zero-order valence-corrected chi connectivity index (χ0v) is 13.6. The second-order valence-electron chi connectivity index (χ2n) is 5.54. The normalized spacial score (nSPS) is 14.2. The van der Waals surface area contributed by atoms with Crippen LogP contribution in [-0.2, 0) is 4.74 Å². The lowest BCUT2D eigenvalue weighted by Gasteiger charge is -2.30. The Kier molecular flexibility index (Phi) is 5.63. The lowest BCUT2D eigenvalue weighted by atomic mass is 10.1. The van der Waals surface area contributed by atoms with Crippen molar-refractivity contribution in [3.63, 3.8) is 0 Å². The van der Waals surface area contributed by atoms with E-state index in [9.17, 15) is 4.79 Å². The number of ether oxygens (including phenoxy) is 1. The molecule has 3 rings (SSSR count). The first-order valence-electron chi connectivity index (χ1n) is 8.18. The Balaban J connectivity index is 1.55. The van der Waals surface area contributed by atoms with Gasteiger partial charge in [0.1, 0.15) is 0 Å². The molecule has 0 saturated carbocycles. The molecule has 2 N–H and O–H groups in total. The average Bonchev–Trinajstić information content (AvgIpc) is 2.66. The number of aromatic nitrogens is 1. The van der Waals surface area contributed by atoms with Gasteiger partial charge in [-0.2, -0.15) is 0 Å². The summed E-state index contributed by atoms with van der Waals surface area (Å²) in [5, 5.41) is 6.19. The third-order valence-corrected chi connectivity index (χ3v) is 3.90. The van der Waals surface area contributed by atoms with Gasteiger partial charge >= 0.3 is 0 Å². The molecule has 1 aromatic heterocycles. The molecule has 0 unspecified atom stereocenters. The van der Waals surface area contributed by atoms with Gasteiger partial charge in [0.05, 0.1) is 24.5 Å². The molecule has 1 aliphatic heterocycles. The number of carbonyl (C=O) groups excluding carboxylic acids is 1. The molecule has 1 aromatic carbocycles. The summed E-state index contributed by atoms with van der Waals surface area (Å²) in [5.41, 5.74) is 2.62. The Hall–Kier alpha value is -2.60. The van der Waals surface area contributed by atoms with Gasteiger partial charge in [-0.3, -0.25) is 9.78 Å². The highest BCUT2D eigenvalue weighted by molar-refractivity contribution is 5.99. The van der Waals surface area contributed by atoms with E-state index in [0.29, 0.717) is 31.9 Å². The molecule has 126 valence electrons. The van der Waals surface area contributed by atoms with Gasteiger partial charge in [0, 0.05) is 44.3 Å². The third kappa shape index (κ3) is 4.23. The van der Waals surface area contributed by atoms with Gasteiger partial charge < -0.3 is 20.3 Å². The van der Waals surface area contributed by atoms with Crippen molar-refractivity contribution in [1.29, 1.82) is 0 Å². The van der Waals surface area contributed by atoms with E-state index in [1.165, 1.54) is 0 Å². The second kappa shape index (κ2) is 8.31. The predicted octanol–water partition coefficient (Wildman–Crippen LogP) is 1.76. The van der Waals surface area contributed by atoms with E-state index < -0.39 is 0 Å². The number of nitrogens with one attached hydrogen (secondary N) is 2. The minimum atomic E-state index is -0.0509. The molecular weight excluding hydrogens is 304 g/mol. The van der Waals surface area contributed by atoms with Crippen LogP contribution in [0, 0.1) is 0 Å². The number of amides is 1. The summed E-state index contributed by atoms with van der Waals surface area (Å²) < 4.78 is 5.39. The zero-order valence-electron chi connectivity index (χ0n) is 13.6. The first-order valence-corrected chi connectivity index (χ1v) is 8.18. The van der Waals surface area contributed by atoms with Gasteiger partial charge in [-0.1, -0.05) is 12.1 Å². The summed E-state index contributed by atoms with van der Waals surface area (Å²) in [5.74, 6) is -0.0509. The molecule has 1 amide bonds. The Morgan fingerprint density at radius 3 is 2.75 bits per heavy atom. The standard InChI is InChI=1S/C18H22N4O2/c23-18(21-9-8-20-15-4-3-7-19-14-15)16-5-1-2-6-17(16)22-10-12-24-13-11-22/h1-7,14,20H,8-13H2,(H,21,23). The fourth-order valence-corrected chi connectivity index (χ4v) is 2.69. The van der Waals surface area contributed by atoms with E-state index in [0.717, 1.165) is 24.5 Å². The fourth-order valence-electron chi connectivity index (χ4n) is 2.69. The van der Waals surface area contributed by atoms with E-state index in [4.69, 9.17) is 4.74 Å². The smallest absolute Gasteiger partial charge is 0.253 e. The van der Waals surface area contributed by atoms with E-state index in [1.807, 2.05) is 36.4 Å². The number of nitrogens with zero attached hydrogens (tertiary/aromatic N) is 2. The van der Waals surface area contributed by atoms with Gasteiger partial charge in [-0.25, -0.2) is 0 Å². The van der Waals surface area contributed by atoms with E-state index >= 15 is 0 Å². The summed E-state index contributed by atoms with van der Waals surface area (Å²) in [4.78, 5) is 18.8. The van der Waals surface area contributed by atoms with E-state index in [1.54, 1.807) is 12.4 Å². The molecule has 0 radical (unpaired) electrons. The maximum Gasteiger partial charge on any atom is 0.253 e. The van der Waals surface area contributed by atoms with Crippen LogP contribution < -0.4 is 15.5 Å². The molecule has 6 nitrogen and oxygen atoms in total. The molecule has 24 heavy (non-hydrogen) atoms. The maximum atomic E-state index is 12.5. The van der Waals surface area contributed by atoms with Crippen molar-refractivity contribution in [3.8, 4) is 0 Å². The average molecular weight is 326 g/mol. The number of benzene rings is 1. The number of rotatable bonds is 6. The highest BCUT2D eigenvalue weighted by Gasteiger charge is 2.17. The Morgan fingerprint density at radius 2 is 1.96 bits per heavy atom. The fraction of sp³-hybridized carbons (Fsp3) is 0.333. The highest BCUT2D eigenvalue weighted by Crippen LogP contribution is 2.21. The van der Waals surface area contributed by atoms with Crippen molar-refractivity contribution in [2.75, 3.05) is 49.6 Å². The SMILES string of the molecule is O=C(NCCNc1cccnc1)c1ccccc1N1CCOCC1. The van der Waals surface area contributed by atoms with Crippen LogP contribution in [0.2, 0.25) is 0 Å². The van der Waals surface area contributed by atoms with Crippen LogP contribution in [0.5, 0.6) is 0 Å². The first-order chi connectivity index (χ1) is 11.8. The van der Waals surface area contributed by atoms with Gasteiger partial charge in [0.25, 0.3) is 5.91 Å². The lowest BCUT2D eigenvalue weighted by Crippen LogP contribution is -2.38. The van der Waals surface area contributed by atoms with E-state index in [2.05, 4.69) is 20.5 Å². The second-order valence-corrected chi connectivity index (χ2v) is 5.54. The molecule has 1 saturated heterocycles. The number of carbonyl (C=O) groups is 1. The Morgan fingerprint density at radius 1 is 1.12 bits per heavy atom. The maximum absolute atomic E-state index is 12.5. The van der Waals surface area contributed by atoms with Crippen molar-refractivity contribution in [2.24, 2.45) is 0 Å². The molecule has 0 atom stereocenters. The predicted molar refractivity (Wildman–Crippen MR) is 94.5 cm³/mol.